The number of carbonyl (C=O) groups is 2. The fraction of sp³-hybridized carbons (Fsp3) is 0.235. The summed E-state index contributed by atoms with van der Waals surface area (Å²) in [4.78, 5) is 28.1. The molecule has 0 aliphatic heterocycles. The highest BCUT2D eigenvalue weighted by atomic mass is 35.5. The van der Waals surface area contributed by atoms with Crippen molar-refractivity contribution in [1.82, 2.24) is 9.29 Å². The molecule has 0 saturated carbocycles. The molecule has 0 unspecified atom stereocenters. The van der Waals surface area contributed by atoms with E-state index in [1.807, 2.05) is 0 Å². The van der Waals surface area contributed by atoms with Crippen LogP contribution in [0.25, 0.3) is 0 Å². The Bertz CT molecular complexity index is 1070. The molecule has 1 aromatic heterocycles. The van der Waals surface area contributed by atoms with Crippen LogP contribution in [0.5, 0.6) is 0 Å². The van der Waals surface area contributed by atoms with Gasteiger partial charge in [0.1, 0.15) is 0 Å². The van der Waals surface area contributed by atoms with Crippen LogP contribution in [0.4, 0.5) is 5.82 Å². The van der Waals surface area contributed by atoms with Gasteiger partial charge in [-0.1, -0.05) is 34.8 Å². The molecule has 2 rings (SSSR count). The molecular formula is C17H16Cl3N3O5S. The van der Waals surface area contributed by atoms with E-state index in [9.17, 15) is 18.0 Å². The van der Waals surface area contributed by atoms with Crippen molar-refractivity contribution in [2.75, 3.05) is 26.0 Å². The van der Waals surface area contributed by atoms with Gasteiger partial charge in [-0.2, -0.15) is 0 Å². The third-order valence-corrected chi connectivity index (χ3v) is 6.72. The normalized spacial score (nSPS) is 11.4. The Morgan fingerprint density at radius 1 is 1.17 bits per heavy atom. The van der Waals surface area contributed by atoms with Crippen molar-refractivity contribution in [3.8, 4) is 0 Å². The molecule has 0 aliphatic rings. The van der Waals surface area contributed by atoms with Crippen molar-refractivity contribution in [2.24, 2.45) is 0 Å². The minimum Gasteiger partial charge on any atom is -0.452 e. The number of pyridine rings is 1. The summed E-state index contributed by atoms with van der Waals surface area (Å²) in [7, 11) is -1.08. The first-order chi connectivity index (χ1) is 13.4. The highest BCUT2D eigenvalue weighted by molar-refractivity contribution is 7.89. The number of ether oxygens (including phenoxy) is 1. The van der Waals surface area contributed by atoms with Gasteiger partial charge in [0.2, 0.25) is 10.0 Å². The molecule has 0 radical (unpaired) electrons. The number of rotatable bonds is 6. The fourth-order valence-electron chi connectivity index (χ4n) is 2.05. The van der Waals surface area contributed by atoms with Gasteiger partial charge in [-0.15, -0.1) is 0 Å². The van der Waals surface area contributed by atoms with E-state index in [0.29, 0.717) is 10.6 Å². The minimum absolute atomic E-state index is 0.0221. The number of sulfonamides is 1. The van der Waals surface area contributed by atoms with Crippen LogP contribution in [0.15, 0.2) is 29.3 Å². The molecule has 2 aromatic rings. The fourth-order valence-corrected chi connectivity index (χ4v) is 3.57. The maximum Gasteiger partial charge on any atom is 0.340 e. The number of nitrogens with one attached hydrogen (secondary N) is 1. The molecule has 0 saturated heterocycles. The molecule has 0 aliphatic carbocycles. The number of hydrogen-bond acceptors (Lipinski definition) is 6. The number of hydrogen-bond donors (Lipinski definition) is 1. The molecule has 156 valence electrons. The predicted octanol–water partition coefficient (Wildman–Crippen LogP) is 3.40. The molecule has 0 bridgehead atoms. The van der Waals surface area contributed by atoms with Crippen LogP contribution in [0.3, 0.4) is 0 Å². The number of esters is 1. The van der Waals surface area contributed by atoms with Gasteiger partial charge in [0.05, 0.1) is 25.5 Å². The second-order valence-electron chi connectivity index (χ2n) is 5.95. The van der Waals surface area contributed by atoms with E-state index < -0.39 is 28.5 Å². The van der Waals surface area contributed by atoms with Crippen LogP contribution >= 0.6 is 34.8 Å². The van der Waals surface area contributed by atoms with E-state index in [2.05, 4.69) is 10.3 Å². The van der Waals surface area contributed by atoms with E-state index in [1.165, 1.54) is 32.4 Å². The number of aromatic nitrogens is 1. The second-order valence-corrected chi connectivity index (χ2v) is 9.29. The lowest BCUT2D eigenvalue weighted by atomic mass is 10.2. The van der Waals surface area contributed by atoms with Crippen LogP contribution in [0.2, 0.25) is 15.1 Å². The molecule has 0 atom stereocenters. The maximum absolute atomic E-state index is 12.3. The first kappa shape index (κ1) is 23.4. The summed E-state index contributed by atoms with van der Waals surface area (Å²) in [6, 6.07) is 3.60. The lowest BCUT2D eigenvalue weighted by Crippen LogP contribution is -2.23. The predicted molar refractivity (Wildman–Crippen MR) is 110 cm³/mol. The molecule has 0 fully saturated rings. The van der Waals surface area contributed by atoms with Gasteiger partial charge in [0, 0.05) is 20.3 Å². The summed E-state index contributed by atoms with van der Waals surface area (Å²) in [6.07, 6.45) is 1.32. The van der Waals surface area contributed by atoms with Crippen LogP contribution in [-0.4, -0.2) is 50.3 Å². The molecular weight excluding hydrogens is 465 g/mol. The number of anilines is 1. The smallest absolute Gasteiger partial charge is 0.340 e. The second kappa shape index (κ2) is 9.27. The number of amides is 1. The van der Waals surface area contributed by atoms with E-state index in [0.717, 1.165) is 10.4 Å². The SMILES string of the molecule is Cc1c(Cl)cnc(NC(=O)COC(=O)c2cc(S(=O)(=O)N(C)C)ccc2Cl)c1Cl. The zero-order valence-electron chi connectivity index (χ0n) is 15.5. The van der Waals surface area contributed by atoms with Gasteiger partial charge in [-0.05, 0) is 30.7 Å². The monoisotopic (exact) mass is 479 g/mol. The summed E-state index contributed by atoms with van der Waals surface area (Å²) < 4.78 is 30.3. The lowest BCUT2D eigenvalue weighted by Gasteiger charge is -2.13. The highest BCUT2D eigenvalue weighted by Crippen LogP contribution is 2.28. The van der Waals surface area contributed by atoms with Gasteiger partial charge in [0.15, 0.2) is 12.4 Å². The zero-order valence-corrected chi connectivity index (χ0v) is 18.6. The Morgan fingerprint density at radius 2 is 1.83 bits per heavy atom. The van der Waals surface area contributed by atoms with Gasteiger partial charge in [-0.3, -0.25) is 4.79 Å². The summed E-state index contributed by atoms with van der Waals surface area (Å²) in [5, 5.41) is 2.86. The van der Waals surface area contributed by atoms with Crippen LogP contribution in [0.1, 0.15) is 15.9 Å². The van der Waals surface area contributed by atoms with Crippen LogP contribution in [0, 0.1) is 6.92 Å². The molecule has 1 aromatic carbocycles. The molecule has 1 amide bonds. The largest absolute Gasteiger partial charge is 0.452 e. The molecule has 0 spiro atoms. The van der Waals surface area contributed by atoms with Crippen LogP contribution < -0.4 is 5.32 Å². The summed E-state index contributed by atoms with van der Waals surface area (Å²) in [5.74, 6) is -1.61. The highest BCUT2D eigenvalue weighted by Gasteiger charge is 2.22. The molecule has 1 N–H and O–H groups in total. The Hall–Kier alpha value is -1.91. The van der Waals surface area contributed by atoms with Crippen molar-refractivity contribution in [2.45, 2.75) is 11.8 Å². The molecule has 12 heteroatoms. The Balaban J connectivity index is 2.11. The van der Waals surface area contributed by atoms with Crippen LogP contribution in [-0.2, 0) is 19.6 Å². The standard InChI is InChI=1S/C17H16Cl3N3O5S/c1-9-13(19)7-21-16(15(9)20)22-14(24)8-28-17(25)11-6-10(4-5-12(11)18)29(26,27)23(2)3/h4-7H,8H2,1-3H3,(H,21,22,24). The Kier molecular flexibility index (Phi) is 7.47. The maximum atomic E-state index is 12.3. The first-order valence-electron chi connectivity index (χ1n) is 7.94. The van der Waals surface area contributed by atoms with E-state index in [1.54, 1.807) is 6.92 Å². The minimum atomic E-state index is -3.78. The van der Waals surface area contributed by atoms with Crippen molar-refractivity contribution < 1.29 is 22.7 Å². The van der Waals surface area contributed by atoms with Crippen molar-refractivity contribution in [3.63, 3.8) is 0 Å². The van der Waals surface area contributed by atoms with Crippen molar-refractivity contribution in [3.05, 3.63) is 50.6 Å². The summed E-state index contributed by atoms with van der Waals surface area (Å²) >= 11 is 17.9. The van der Waals surface area contributed by atoms with Gasteiger partial charge in [0.25, 0.3) is 5.91 Å². The third kappa shape index (κ3) is 5.37. The number of halogens is 3. The number of nitrogens with zero attached hydrogens (tertiary/aromatic N) is 2. The average Bonchev–Trinajstić information content (AvgIpc) is 2.66. The van der Waals surface area contributed by atoms with Crippen molar-refractivity contribution >= 4 is 62.5 Å². The van der Waals surface area contributed by atoms with Gasteiger partial charge < -0.3 is 10.1 Å². The molecule has 8 nitrogen and oxygen atoms in total. The lowest BCUT2D eigenvalue weighted by molar-refractivity contribution is -0.119. The Labute approximate surface area is 182 Å². The summed E-state index contributed by atoms with van der Waals surface area (Å²) in [5.41, 5.74) is 0.335. The number of carbonyl (C=O) groups excluding carboxylic acids is 2. The molecule has 29 heavy (non-hydrogen) atoms. The van der Waals surface area contributed by atoms with Gasteiger partial charge in [-0.25, -0.2) is 22.5 Å². The molecule has 1 heterocycles. The van der Waals surface area contributed by atoms with E-state index in [-0.39, 0.29) is 26.3 Å². The topological polar surface area (TPSA) is 106 Å². The van der Waals surface area contributed by atoms with E-state index >= 15 is 0 Å². The first-order valence-corrected chi connectivity index (χ1v) is 10.5. The van der Waals surface area contributed by atoms with Crippen molar-refractivity contribution in [1.29, 1.82) is 0 Å². The zero-order chi connectivity index (χ0) is 21.9. The Morgan fingerprint density at radius 3 is 2.45 bits per heavy atom. The number of benzene rings is 1. The summed E-state index contributed by atoms with van der Waals surface area (Å²) in [6.45, 7) is 0.984. The third-order valence-electron chi connectivity index (χ3n) is 3.73. The average molecular weight is 481 g/mol. The quantitative estimate of drug-likeness (QED) is 0.635. The van der Waals surface area contributed by atoms with Gasteiger partial charge >= 0.3 is 5.97 Å². The van der Waals surface area contributed by atoms with E-state index in [4.69, 9.17) is 39.5 Å².